The van der Waals surface area contributed by atoms with Crippen LogP contribution >= 0.6 is 0 Å². The smallest absolute Gasteiger partial charge is 0.0162 e. The fourth-order valence-corrected chi connectivity index (χ4v) is 0.936. The van der Waals surface area contributed by atoms with Crippen molar-refractivity contribution in [1.82, 2.24) is 5.32 Å². The molecule has 13 heavy (non-hydrogen) atoms. The van der Waals surface area contributed by atoms with Gasteiger partial charge in [0.05, 0.1) is 0 Å². The Balaban J connectivity index is 3.54. The minimum absolute atomic E-state index is 0.312. The summed E-state index contributed by atoms with van der Waals surface area (Å²) in [6.07, 6.45) is 1.05. The van der Waals surface area contributed by atoms with Crippen LogP contribution in [0.2, 0.25) is 0 Å². The van der Waals surface area contributed by atoms with Crippen molar-refractivity contribution >= 4 is 0 Å². The first-order valence-electron chi connectivity index (χ1n) is 5.34. The number of nitrogens with two attached hydrogens (primary N) is 1. The van der Waals surface area contributed by atoms with Gasteiger partial charge < -0.3 is 11.1 Å². The van der Waals surface area contributed by atoms with E-state index in [9.17, 15) is 0 Å². The van der Waals surface area contributed by atoms with Crippen LogP contribution in [0, 0.1) is 11.3 Å². The van der Waals surface area contributed by atoms with Gasteiger partial charge in [-0.25, -0.2) is 0 Å². The Hall–Kier alpha value is -0.0800. The van der Waals surface area contributed by atoms with Crippen LogP contribution in [0.1, 0.15) is 41.0 Å². The van der Waals surface area contributed by atoms with Crippen LogP contribution in [0.3, 0.4) is 0 Å². The van der Waals surface area contributed by atoms with E-state index >= 15 is 0 Å². The summed E-state index contributed by atoms with van der Waals surface area (Å²) in [6, 6.07) is 0.312. The Bertz CT molecular complexity index is 127. The number of hydrogen-bond acceptors (Lipinski definition) is 2. The fraction of sp³-hybridized carbons (Fsp3) is 1.00. The Morgan fingerprint density at radius 2 is 1.77 bits per heavy atom. The number of rotatable bonds is 5. The zero-order chi connectivity index (χ0) is 10.5. The van der Waals surface area contributed by atoms with Crippen molar-refractivity contribution in [1.29, 1.82) is 0 Å². The zero-order valence-corrected chi connectivity index (χ0v) is 9.85. The fourth-order valence-electron chi connectivity index (χ4n) is 0.936. The molecule has 0 aliphatic rings. The predicted octanol–water partition coefficient (Wildman–Crippen LogP) is 2.00. The van der Waals surface area contributed by atoms with Gasteiger partial charge in [0.15, 0.2) is 0 Å². The molecule has 0 aliphatic carbocycles. The molecule has 3 N–H and O–H groups in total. The van der Waals surface area contributed by atoms with Crippen LogP contribution in [0.5, 0.6) is 0 Å². The molecule has 0 aromatic rings. The lowest BCUT2D eigenvalue weighted by Gasteiger charge is -2.27. The maximum absolute atomic E-state index is 5.81. The van der Waals surface area contributed by atoms with Gasteiger partial charge in [-0.3, -0.25) is 0 Å². The molecule has 0 bridgehead atoms. The van der Waals surface area contributed by atoms with Crippen LogP contribution in [0.4, 0.5) is 0 Å². The summed E-state index contributed by atoms with van der Waals surface area (Å²) >= 11 is 0. The molecular weight excluding hydrogens is 160 g/mol. The molecule has 80 valence electrons. The summed E-state index contributed by atoms with van der Waals surface area (Å²) < 4.78 is 0. The molecule has 0 aliphatic heterocycles. The van der Waals surface area contributed by atoms with Crippen LogP contribution in [-0.4, -0.2) is 19.1 Å². The van der Waals surface area contributed by atoms with E-state index in [2.05, 4.69) is 39.9 Å². The molecule has 0 saturated carbocycles. The number of hydrogen-bond donors (Lipinski definition) is 2. The van der Waals surface area contributed by atoms with Crippen LogP contribution in [-0.2, 0) is 0 Å². The van der Waals surface area contributed by atoms with E-state index in [0.717, 1.165) is 19.5 Å². The first-order valence-corrected chi connectivity index (χ1v) is 5.34. The highest BCUT2D eigenvalue weighted by molar-refractivity contribution is 4.73. The lowest BCUT2D eigenvalue weighted by Crippen LogP contribution is -2.37. The van der Waals surface area contributed by atoms with Crippen molar-refractivity contribution in [3.8, 4) is 0 Å². The standard InChI is InChI=1S/C11H26N2/c1-6-10(12)8-13-7-9(2)11(3,4)5/h9-10,13H,6-8,12H2,1-5H3. The third-order valence-electron chi connectivity index (χ3n) is 2.86. The van der Waals surface area contributed by atoms with Gasteiger partial charge in [-0.2, -0.15) is 0 Å². The molecule has 0 spiro atoms. The second-order valence-electron chi connectivity index (χ2n) is 5.09. The topological polar surface area (TPSA) is 38.0 Å². The monoisotopic (exact) mass is 186 g/mol. The van der Waals surface area contributed by atoms with E-state index in [-0.39, 0.29) is 0 Å². The van der Waals surface area contributed by atoms with E-state index in [1.165, 1.54) is 0 Å². The third-order valence-corrected chi connectivity index (χ3v) is 2.86. The van der Waals surface area contributed by atoms with Crippen molar-refractivity contribution < 1.29 is 0 Å². The van der Waals surface area contributed by atoms with Gasteiger partial charge >= 0.3 is 0 Å². The van der Waals surface area contributed by atoms with Crippen LogP contribution < -0.4 is 11.1 Å². The molecule has 0 rings (SSSR count). The highest BCUT2D eigenvalue weighted by Gasteiger charge is 2.19. The van der Waals surface area contributed by atoms with Crippen molar-refractivity contribution in [2.45, 2.75) is 47.1 Å². The second kappa shape index (κ2) is 5.61. The Labute approximate surface area is 83.3 Å². The van der Waals surface area contributed by atoms with Gasteiger partial charge in [-0.05, 0) is 24.3 Å². The highest BCUT2D eigenvalue weighted by Crippen LogP contribution is 2.24. The third kappa shape index (κ3) is 6.05. The largest absolute Gasteiger partial charge is 0.327 e. The average molecular weight is 186 g/mol. The summed E-state index contributed by atoms with van der Waals surface area (Å²) in [5.41, 5.74) is 6.20. The molecule has 2 nitrogen and oxygen atoms in total. The van der Waals surface area contributed by atoms with Gasteiger partial charge in [0.2, 0.25) is 0 Å². The highest BCUT2D eigenvalue weighted by atomic mass is 14.9. The van der Waals surface area contributed by atoms with E-state index in [4.69, 9.17) is 5.73 Å². The first-order chi connectivity index (χ1) is 5.88. The maximum Gasteiger partial charge on any atom is 0.0162 e. The van der Waals surface area contributed by atoms with Gasteiger partial charge in [-0.1, -0.05) is 34.6 Å². The molecular formula is C11H26N2. The lowest BCUT2D eigenvalue weighted by molar-refractivity contribution is 0.251. The first kappa shape index (κ1) is 12.9. The minimum Gasteiger partial charge on any atom is -0.327 e. The normalized spacial score (nSPS) is 17.1. The number of nitrogens with one attached hydrogen (secondary N) is 1. The van der Waals surface area contributed by atoms with Gasteiger partial charge in [0, 0.05) is 12.6 Å². The molecule has 0 radical (unpaired) electrons. The maximum atomic E-state index is 5.81. The molecule has 0 heterocycles. The molecule has 0 amide bonds. The Morgan fingerprint density at radius 1 is 1.23 bits per heavy atom. The molecule has 0 fully saturated rings. The molecule has 2 unspecified atom stereocenters. The summed E-state index contributed by atoms with van der Waals surface area (Å²) in [6.45, 7) is 13.2. The van der Waals surface area contributed by atoms with Crippen molar-refractivity contribution in [3.05, 3.63) is 0 Å². The van der Waals surface area contributed by atoms with E-state index in [0.29, 0.717) is 17.4 Å². The van der Waals surface area contributed by atoms with E-state index in [1.807, 2.05) is 0 Å². The molecule has 0 aromatic carbocycles. The lowest BCUT2D eigenvalue weighted by atomic mass is 9.82. The quantitative estimate of drug-likeness (QED) is 0.689. The van der Waals surface area contributed by atoms with Crippen molar-refractivity contribution in [3.63, 3.8) is 0 Å². The van der Waals surface area contributed by atoms with Gasteiger partial charge in [0.25, 0.3) is 0 Å². The molecule has 0 saturated heterocycles. The van der Waals surface area contributed by atoms with Crippen molar-refractivity contribution in [2.75, 3.05) is 13.1 Å². The van der Waals surface area contributed by atoms with E-state index < -0.39 is 0 Å². The van der Waals surface area contributed by atoms with Crippen molar-refractivity contribution in [2.24, 2.45) is 17.1 Å². The summed E-state index contributed by atoms with van der Waals surface area (Å²) in [5, 5.41) is 3.42. The Morgan fingerprint density at radius 3 is 2.15 bits per heavy atom. The van der Waals surface area contributed by atoms with Crippen LogP contribution in [0.25, 0.3) is 0 Å². The Kier molecular flexibility index (Phi) is 5.57. The average Bonchev–Trinajstić information content (AvgIpc) is 2.02. The summed E-state index contributed by atoms with van der Waals surface area (Å²) in [4.78, 5) is 0. The predicted molar refractivity (Wildman–Crippen MR) is 59.8 cm³/mol. The molecule has 2 atom stereocenters. The van der Waals surface area contributed by atoms with Gasteiger partial charge in [-0.15, -0.1) is 0 Å². The summed E-state index contributed by atoms with van der Waals surface area (Å²) in [5.74, 6) is 0.691. The second-order valence-corrected chi connectivity index (χ2v) is 5.09. The summed E-state index contributed by atoms with van der Waals surface area (Å²) in [7, 11) is 0. The SMILES string of the molecule is CCC(N)CNCC(C)C(C)(C)C. The van der Waals surface area contributed by atoms with Crippen LogP contribution in [0.15, 0.2) is 0 Å². The van der Waals surface area contributed by atoms with E-state index in [1.54, 1.807) is 0 Å². The zero-order valence-electron chi connectivity index (χ0n) is 9.85. The molecule has 2 heteroatoms. The van der Waals surface area contributed by atoms with Gasteiger partial charge in [0.1, 0.15) is 0 Å². The molecule has 0 aromatic heterocycles. The minimum atomic E-state index is 0.312.